The van der Waals surface area contributed by atoms with Crippen LogP contribution in [0, 0.1) is 11.3 Å². The van der Waals surface area contributed by atoms with E-state index in [4.69, 9.17) is 17.2 Å². The lowest BCUT2D eigenvalue weighted by Crippen LogP contribution is -2.42. The van der Waals surface area contributed by atoms with Crippen LogP contribution >= 0.6 is 11.3 Å². The fourth-order valence-corrected chi connectivity index (χ4v) is 4.60. The molecule has 6 heteroatoms. The molecule has 1 atom stereocenters. The van der Waals surface area contributed by atoms with Gasteiger partial charge in [-0.3, -0.25) is 9.59 Å². The lowest BCUT2D eigenvalue weighted by molar-refractivity contribution is -0.129. The van der Waals surface area contributed by atoms with Crippen LogP contribution in [0.25, 0.3) is 0 Å². The minimum atomic E-state index is -0.478. The maximum atomic E-state index is 12.0. The predicted molar refractivity (Wildman–Crippen MR) is 78.2 cm³/mol. The molecule has 0 saturated heterocycles. The summed E-state index contributed by atoms with van der Waals surface area (Å²) in [4.78, 5) is 24.5. The molecule has 2 aliphatic rings. The van der Waals surface area contributed by atoms with E-state index < -0.39 is 11.3 Å². The van der Waals surface area contributed by atoms with Gasteiger partial charge in [-0.1, -0.05) is 12.8 Å². The zero-order valence-electron chi connectivity index (χ0n) is 11.3. The van der Waals surface area contributed by atoms with Gasteiger partial charge in [0.2, 0.25) is 5.91 Å². The van der Waals surface area contributed by atoms with E-state index in [-0.39, 0.29) is 5.91 Å². The van der Waals surface area contributed by atoms with Crippen molar-refractivity contribution in [3.63, 3.8) is 0 Å². The Balaban J connectivity index is 1.96. The van der Waals surface area contributed by atoms with Crippen molar-refractivity contribution in [2.75, 3.05) is 5.73 Å². The number of nitrogens with two attached hydrogens (primary N) is 3. The lowest BCUT2D eigenvalue weighted by Gasteiger charge is -2.34. The van der Waals surface area contributed by atoms with Gasteiger partial charge < -0.3 is 17.2 Å². The highest BCUT2D eigenvalue weighted by molar-refractivity contribution is 7.16. The van der Waals surface area contributed by atoms with Crippen LogP contribution < -0.4 is 17.2 Å². The molecule has 1 aromatic rings. The van der Waals surface area contributed by atoms with Crippen molar-refractivity contribution in [3.8, 4) is 0 Å². The van der Waals surface area contributed by atoms with Gasteiger partial charge in [-0.05, 0) is 37.2 Å². The standard InChI is InChI=1S/C14H19N3O2S/c15-11(18)10-8-3-4-14(13(17)19,5-7-1-2-7)6-9(8)20-12(10)16/h7H,1-6,16H2,(H2,15,18)(H2,17,19). The molecule has 0 radical (unpaired) electrons. The molecule has 0 bridgehead atoms. The predicted octanol–water partition coefficient (Wildman–Crippen LogP) is 1.19. The van der Waals surface area contributed by atoms with Crippen molar-refractivity contribution >= 4 is 28.2 Å². The van der Waals surface area contributed by atoms with Gasteiger partial charge in [0.15, 0.2) is 0 Å². The molecule has 108 valence electrons. The minimum absolute atomic E-state index is 0.220. The maximum absolute atomic E-state index is 12.0. The van der Waals surface area contributed by atoms with Gasteiger partial charge in [-0.25, -0.2) is 0 Å². The number of hydrogen-bond acceptors (Lipinski definition) is 4. The molecule has 1 saturated carbocycles. The Kier molecular flexibility index (Phi) is 3.01. The van der Waals surface area contributed by atoms with Crippen molar-refractivity contribution in [3.05, 3.63) is 16.0 Å². The number of rotatable bonds is 4. The highest BCUT2D eigenvalue weighted by Gasteiger charge is 2.45. The number of amides is 2. The highest BCUT2D eigenvalue weighted by Crippen LogP contribution is 2.49. The largest absolute Gasteiger partial charge is 0.390 e. The third-order valence-electron chi connectivity index (χ3n) is 4.62. The first-order chi connectivity index (χ1) is 9.43. The van der Waals surface area contributed by atoms with E-state index in [2.05, 4.69) is 0 Å². The van der Waals surface area contributed by atoms with Crippen LogP contribution in [0.1, 0.15) is 46.5 Å². The monoisotopic (exact) mass is 293 g/mol. The smallest absolute Gasteiger partial charge is 0.251 e. The molecule has 2 aliphatic carbocycles. The Morgan fingerprint density at radius 3 is 2.55 bits per heavy atom. The van der Waals surface area contributed by atoms with Gasteiger partial charge in [0, 0.05) is 4.88 Å². The van der Waals surface area contributed by atoms with E-state index in [1.54, 1.807) is 0 Å². The normalized spacial score (nSPS) is 25.2. The van der Waals surface area contributed by atoms with E-state index in [9.17, 15) is 9.59 Å². The molecule has 1 unspecified atom stereocenters. The number of primary amides is 2. The fourth-order valence-electron chi connectivity index (χ4n) is 3.33. The van der Waals surface area contributed by atoms with Crippen LogP contribution in [0.2, 0.25) is 0 Å². The highest BCUT2D eigenvalue weighted by atomic mass is 32.1. The molecule has 0 spiro atoms. The van der Waals surface area contributed by atoms with Gasteiger partial charge in [0.1, 0.15) is 0 Å². The van der Waals surface area contributed by atoms with E-state index in [1.165, 1.54) is 24.2 Å². The average Bonchev–Trinajstić information content (AvgIpc) is 3.09. The summed E-state index contributed by atoms with van der Waals surface area (Å²) in [7, 11) is 0. The maximum Gasteiger partial charge on any atom is 0.251 e. The number of fused-ring (bicyclic) bond motifs is 1. The van der Waals surface area contributed by atoms with Gasteiger partial charge in [-0.2, -0.15) is 0 Å². The number of nitrogen functional groups attached to an aromatic ring is 1. The summed E-state index contributed by atoms with van der Waals surface area (Å²) < 4.78 is 0. The molecule has 1 heterocycles. The molecule has 0 aliphatic heterocycles. The van der Waals surface area contributed by atoms with Gasteiger partial charge in [0.05, 0.1) is 16.0 Å². The van der Waals surface area contributed by atoms with Crippen LogP contribution in [0.3, 0.4) is 0 Å². The zero-order chi connectivity index (χ0) is 14.5. The summed E-state index contributed by atoms with van der Waals surface area (Å²) in [6.45, 7) is 0. The molecule has 3 rings (SSSR count). The molecular weight excluding hydrogens is 274 g/mol. The lowest BCUT2D eigenvalue weighted by atomic mass is 9.70. The molecule has 6 N–H and O–H groups in total. The van der Waals surface area contributed by atoms with Gasteiger partial charge >= 0.3 is 0 Å². The number of hydrogen-bond donors (Lipinski definition) is 3. The number of thiophene rings is 1. The van der Waals surface area contributed by atoms with Crippen molar-refractivity contribution in [2.45, 2.75) is 38.5 Å². The molecule has 0 aromatic carbocycles. The number of carbonyl (C=O) groups is 2. The first kappa shape index (κ1) is 13.4. The van der Waals surface area contributed by atoms with E-state index in [0.29, 0.717) is 35.7 Å². The molecular formula is C14H19N3O2S. The van der Waals surface area contributed by atoms with Crippen LogP contribution in [-0.4, -0.2) is 11.8 Å². The summed E-state index contributed by atoms with van der Waals surface area (Å²) in [6.07, 6.45) is 5.23. The van der Waals surface area contributed by atoms with Crippen molar-refractivity contribution in [1.29, 1.82) is 0 Å². The number of carbonyl (C=O) groups excluding carboxylic acids is 2. The minimum Gasteiger partial charge on any atom is -0.390 e. The third kappa shape index (κ3) is 2.08. The third-order valence-corrected chi connectivity index (χ3v) is 5.68. The average molecular weight is 293 g/mol. The van der Waals surface area contributed by atoms with E-state index >= 15 is 0 Å². The van der Waals surface area contributed by atoms with E-state index in [0.717, 1.165) is 16.9 Å². The molecule has 20 heavy (non-hydrogen) atoms. The second-order valence-electron chi connectivity index (χ2n) is 6.08. The Hall–Kier alpha value is -1.56. The van der Waals surface area contributed by atoms with Gasteiger partial charge in [-0.15, -0.1) is 11.3 Å². The first-order valence-corrected chi connectivity index (χ1v) is 7.74. The summed E-state index contributed by atoms with van der Waals surface area (Å²) >= 11 is 1.38. The Morgan fingerprint density at radius 1 is 1.30 bits per heavy atom. The Bertz CT molecular complexity index is 591. The molecule has 5 nitrogen and oxygen atoms in total. The van der Waals surface area contributed by atoms with Crippen LogP contribution in [0.5, 0.6) is 0 Å². The fraction of sp³-hybridized carbons (Fsp3) is 0.571. The SMILES string of the molecule is NC(=O)c1c(N)sc2c1CCC(CC1CC1)(C(N)=O)C2. The van der Waals surface area contributed by atoms with Gasteiger partial charge in [0.25, 0.3) is 5.91 Å². The second kappa shape index (κ2) is 4.48. The topological polar surface area (TPSA) is 112 Å². The Labute approximate surface area is 121 Å². The summed E-state index contributed by atoms with van der Waals surface area (Å²) in [5, 5.41) is 0.467. The van der Waals surface area contributed by atoms with Crippen molar-refractivity contribution in [2.24, 2.45) is 22.8 Å². The quantitative estimate of drug-likeness (QED) is 0.775. The molecule has 2 amide bonds. The van der Waals surface area contributed by atoms with E-state index in [1.807, 2.05) is 0 Å². The summed E-state index contributed by atoms with van der Waals surface area (Å²) in [6, 6.07) is 0. The van der Waals surface area contributed by atoms with Crippen LogP contribution in [-0.2, 0) is 17.6 Å². The second-order valence-corrected chi connectivity index (χ2v) is 7.21. The molecule has 1 aromatic heterocycles. The summed E-state index contributed by atoms with van der Waals surface area (Å²) in [5.74, 6) is -0.0617. The van der Waals surface area contributed by atoms with Crippen LogP contribution in [0.15, 0.2) is 0 Å². The van der Waals surface area contributed by atoms with Crippen LogP contribution in [0.4, 0.5) is 5.00 Å². The van der Waals surface area contributed by atoms with Crippen molar-refractivity contribution in [1.82, 2.24) is 0 Å². The molecule has 1 fully saturated rings. The zero-order valence-corrected chi connectivity index (χ0v) is 12.1. The number of anilines is 1. The first-order valence-electron chi connectivity index (χ1n) is 6.93. The Morgan fingerprint density at radius 2 is 2.00 bits per heavy atom. The van der Waals surface area contributed by atoms with Crippen molar-refractivity contribution < 1.29 is 9.59 Å². The summed E-state index contributed by atoms with van der Waals surface area (Å²) in [5.41, 5.74) is 17.9.